The van der Waals surface area contributed by atoms with Gasteiger partial charge in [0.05, 0.1) is 11.1 Å². The van der Waals surface area contributed by atoms with Gasteiger partial charge in [-0.05, 0) is 88.9 Å². The molecule has 7 rings (SSSR count). The van der Waals surface area contributed by atoms with Crippen molar-refractivity contribution in [2.24, 2.45) is 7.05 Å². The van der Waals surface area contributed by atoms with E-state index in [1.165, 1.54) is 11.1 Å². The fourth-order valence-corrected chi connectivity index (χ4v) is 8.04. The van der Waals surface area contributed by atoms with E-state index in [9.17, 15) is 1.37 Å². The fourth-order valence-electron chi connectivity index (χ4n) is 8.04. The number of furan rings is 1. The van der Waals surface area contributed by atoms with E-state index in [1.807, 2.05) is 31.4 Å². The largest absolute Gasteiger partial charge is 0.454 e. The Kier molecular flexibility index (Phi) is 5.34. The van der Waals surface area contributed by atoms with E-state index in [0.717, 1.165) is 76.4 Å². The Hall–Kier alpha value is -3.46. The molecule has 3 aromatic carbocycles. The van der Waals surface area contributed by atoms with Crippen molar-refractivity contribution in [2.75, 3.05) is 0 Å². The molecule has 0 aliphatic heterocycles. The molecule has 0 unspecified atom stereocenters. The highest BCUT2D eigenvalue weighted by Gasteiger charge is 2.45. The van der Waals surface area contributed by atoms with Crippen molar-refractivity contribution in [3.8, 4) is 22.4 Å². The van der Waals surface area contributed by atoms with Crippen LogP contribution in [0.4, 0.5) is 4.39 Å². The second-order valence-corrected chi connectivity index (χ2v) is 13.4. The first-order valence-electron chi connectivity index (χ1n) is 15.2. The lowest BCUT2D eigenvalue weighted by atomic mass is 9.78. The zero-order valence-corrected chi connectivity index (χ0v) is 24.5. The summed E-state index contributed by atoms with van der Waals surface area (Å²) in [6, 6.07) is 18.2. The minimum atomic E-state index is -0.637. The Labute approximate surface area is 238 Å². The zero-order chi connectivity index (χ0) is 28.9. The summed E-state index contributed by atoms with van der Waals surface area (Å²) in [5, 5.41) is 1.90. The molecule has 0 amide bonds. The highest BCUT2D eigenvalue weighted by atomic mass is 19.1. The predicted octanol–water partition coefficient (Wildman–Crippen LogP) is 9.81. The number of fused-ring (bicyclic) bond motifs is 4. The number of aromatic nitrogens is 1. The summed E-state index contributed by atoms with van der Waals surface area (Å²) in [7, 11) is 2.04. The van der Waals surface area contributed by atoms with Gasteiger partial charge in [0.25, 0.3) is 0 Å². The van der Waals surface area contributed by atoms with Gasteiger partial charge in [-0.2, -0.15) is 0 Å². The van der Waals surface area contributed by atoms with Crippen molar-refractivity contribution in [1.29, 1.82) is 0 Å². The number of benzene rings is 3. The molecule has 2 heterocycles. The molecule has 2 aromatic heterocycles. The molecule has 1 fully saturated rings. The van der Waals surface area contributed by atoms with Crippen LogP contribution in [0, 0.1) is 12.7 Å². The average Bonchev–Trinajstić information content (AvgIpc) is 3.56. The van der Waals surface area contributed by atoms with Crippen molar-refractivity contribution in [1.82, 2.24) is 0 Å². The molecule has 0 radical (unpaired) electrons. The van der Waals surface area contributed by atoms with Crippen LogP contribution in [0.5, 0.6) is 0 Å². The summed E-state index contributed by atoms with van der Waals surface area (Å²) < 4.78 is 34.5. The topological polar surface area (TPSA) is 17.0 Å². The number of hydrogen-bond donors (Lipinski definition) is 0. The number of pyridine rings is 1. The maximum atomic E-state index is 16.1. The van der Waals surface area contributed by atoms with Crippen LogP contribution in [0.2, 0.25) is 0 Å². The molecule has 2 aliphatic carbocycles. The Morgan fingerprint density at radius 3 is 2.33 bits per heavy atom. The van der Waals surface area contributed by atoms with E-state index in [2.05, 4.69) is 69.5 Å². The minimum absolute atomic E-state index is 0.0368. The first kappa shape index (κ1) is 24.3. The van der Waals surface area contributed by atoms with Gasteiger partial charge in [0.2, 0.25) is 5.69 Å². The lowest BCUT2D eigenvalue weighted by molar-refractivity contribution is -0.660. The SMILES string of the molecule is [2H]C1(c2cc(-c3c(F)ccc4c3oc3c(-c5cccc[n+]5C)c(C)ccc34)cc3c2C(C)(C)CC3(C)C)CCCC1. The van der Waals surface area contributed by atoms with Gasteiger partial charge in [0.1, 0.15) is 24.0 Å². The predicted molar refractivity (Wildman–Crippen MR) is 162 cm³/mol. The molecule has 1 saturated carbocycles. The van der Waals surface area contributed by atoms with Crippen LogP contribution in [0.25, 0.3) is 44.3 Å². The number of rotatable bonds is 3. The third-order valence-electron chi connectivity index (χ3n) is 9.58. The third kappa shape index (κ3) is 3.70. The normalized spacial score (nSPS) is 19.3. The smallest absolute Gasteiger partial charge is 0.216 e. The molecule has 5 aromatic rings. The van der Waals surface area contributed by atoms with Gasteiger partial charge in [-0.3, -0.25) is 0 Å². The van der Waals surface area contributed by atoms with Gasteiger partial charge < -0.3 is 4.42 Å². The Balaban J connectivity index is 1.56. The second-order valence-electron chi connectivity index (χ2n) is 13.4. The van der Waals surface area contributed by atoms with Crippen molar-refractivity contribution in [2.45, 2.75) is 83.4 Å². The highest BCUT2D eigenvalue weighted by Crippen LogP contribution is 2.55. The van der Waals surface area contributed by atoms with Crippen molar-refractivity contribution in [3.05, 3.63) is 88.9 Å². The number of nitrogens with zero attached hydrogens (tertiary/aromatic N) is 1. The van der Waals surface area contributed by atoms with Gasteiger partial charge in [-0.1, -0.05) is 64.8 Å². The summed E-state index contributed by atoms with van der Waals surface area (Å²) in [4.78, 5) is 0. The van der Waals surface area contributed by atoms with E-state index < -0.39 is 5.89 Å². The van der Waals surface area contributed by atoms with Gasteiger partial charge in [-0.25, -0.2) is 8.96 Å². The van der Waals surface area contributed by atoms with Gasteiger partial charge >= 0.3 is 0 Å². The molecule has 0 saturated heterocycles. The van der Waals surface area contributed by atoms with Gasteiger partial charge in [0.15, 0.2) is 6.20 Å². The average molecular weight is 534 g/mol. The maximum absolute atomic E-state index is 16.1. The number of aryl methyl sites for hydroxylation is 2. The third-order valence-corrected chi connectivity index (χ3v) is 9.58. The standard InChI is InChI=1S/C37H39FNO/c1-22-14-15-25-26-16-17-29(38)32(35(26)40-34(25)31(22)30-13-9-10-18-39(30)6)24-19-27(23-11-7-8-12-23)33-28(20-24)36(2,3)21-37(33,4)5/h9-10,13-20,23H,7-8,11-12,21H2,1-6H3/q+1/i23D. The molecule has 40 heavy (non-hydrogen) atoms. The summed E-state index contributed by atoms with van der Waals surface area (Å²) in [6.45, 7) is 11.3. The molecule has 204 valence electrons. The van der Waals surface area contributed by atoms with E-state index in [4.69, 9.17) is 4.42 Å². The van der Waals surface area contributed by atoms with Crippen LogP contribution in [0.1, 0.15) is 89.3 Å². The molecular formula is C37H39FNO+. The lowest BCUT2D eigenvalue weighted by Crippen LogP contribution is -2.30. The Morgan fingerprint density at radius 2 is 1.60 bits per heavy atom. The second kappa shape index (κ2) is 8.77. The van der Waals surface area contributed by atoms with Crippen LogP contribution >= 0.6 is 0 Å². The minimum Gasteiger partial charge on any atom is -0.454 e. The molecule has 3 heteroatoms. The van der Waals surface area contributed by atoms with E-state index in [0.29, 0.717) is 11.1 Å². The molecule has 0 N–H and O–H groups in total. The fraction of sp³-hybridized carbons (Fsp3) is 0.378. The first-order valence-corrected chi connectivity index (χ1v) is 14.7. The summed E-state index contributed by atoms with van der Waals surface area (Å²) >= 11 is 0. The van der Waals surface area contributed by atoms with E-state index in [1.54, 1.807) is 6.07 Å². The van der Waals surface area contributed by atoms with Crippen molar-refractivity contribution in [3.63, 3.8) is 0 Å². The number of halogens is 1. The van der Waals surface area contributed by atoms with Gasteiger partial charge in [-0.15, -0.1) is 0 Å². The number of hydrogen-bond acceptors (Lipinski definition) is 1. The first-order chi connectivity index (χ1) is 19.4. The van der Waals surface area contributed by atoms with Crippen LogP contribution in [0.15, 0.2) is 65.2 Å². The van der Waals surface area contributed by atoms with E-state index >= 15 is 4.39 Å². The highest BCUT2D eigenvalue weighted by molar-refractivity contribution is 6.13. The van der Waals surface area contributed by atoms with Crippen LogP contribution in [-0.2, 0) is 17.9 Å². The van der Waals surface area contributed by atoms with Crippen LogP contribution < -0.4 is 4.57 Å². The molecular weight excluding hydrogens is 493 g/mol. The summed E-state index contributed by atoms with van der Waals surface area (Å²) in [5.74, 6) is -0.922. The Bertz CT molecular complexity index is 1870. The summed E-state index contributed by atoms with van der Waals surface area (Å²) in [6.07, 6.45) is 6.89. The zero-order valence-electron chi connectivity index (χ0n) is 25.5. The molecule has 2 aliphatic rings. The molecule has 0 spiro atoms. The quantitative estimate of drug-likeness (QED) is 0.211. The molecule has 2 nitrogen and oxygen atoms in total. The molecule has 0 bridgehead atoms. The van der Waals surface area contributed by atoms with Crippen molar-refractivity contribution >= 4 is 21.9 Å². The molecule has 0 atom stereocenters. The maximum Gasteiger partial charge on any atom is 0.216 e. The van der Waals surface area contributed by atoms with Crippen molar-refractivity contribution < 1.29 is 14.7 Å². The van der Waals surface area contributed by atoms with Crippen LogP contribution in [-0.4, -0.2) is 0 Å². The lowest BCUT2D eigenvalue weighted by Gasteiger charge is -2.26. The van der Waals surface area contributed by atoms with Gasteiger partial charge in [0, 0.05) is 24.3 Å². The summed E-state index contributed by atoms with van der Waals surface area (Å²) in [5.41, 5.74) is 9.46. The Morgan fingerprint density at radius 1 is 0.900 bits per heavy atom. The van der Waals surface area contributed by atoms with Crippen LogP contribution in [0.3, 0.4) is 0 Å². The monoisotopic (exact) mass is 533 g/mol. The van der Waals surface area contributed by atoms with E-state index in [-0.39, 0.29) is 16.6 Å².